The molecule has 5 heteroatoms. The van der Waals surface area contributed by atoms with Gasteiger partial charge in [-0.15, -0.1) is 0 Å². The van der Waals surface area contributed by atoms with Gasteiger partial charge in [-0.3, -0.25) is 4.79 Å². The lowest BCUT2D eigenvalue weighted by Gasteiger charge is -2.12. The van der Waals surface area contributed by atoms with Crippen LogP contribution >= 0.6 is 11.8 Å². The van der Waals surface area contributed by atoms with Crippen LogP contribution in [0.25, 0.3) is 0 Å². The standard InChI is InChI=1S/C13H18N2O2S/c1-17-11-4-2-3-10(12(11)14)13(16)15-7-9-5-6-18-8-9/h2-4,9H,5-8,14H2,1H3,(H,15,16). The number of carbonyl (C=O) groups is 1. The van der Waals surface area contributed by atoms with Crippen LogP contribution in [0.2, 0.25) is 0 Å². The van der Waals surface area contributed by atoms with Crippen molar-refractivity contribution in [1.82, 2.24) is 5.32 Å². The van der Waals surface area contributed by atoms with Gasteiger partial charge in [0.05, 0.1) is 18.4 Å². The van der Waals surface area contributed by atoms with Crippen molar-refractivity contribution in [2.45, 2.75) is 6.42 Å². The zero-order valence-electron chi connectivity index (χ0n) is 10.4. The number of carbonyl (C=O) groups excluding carboxylic acids is 1. The summed E-state index contributed by atoms with van der Waals surface area (Å²) in [6.45, 7) is 0.725. The van der Waals surface area contributed by atoms with Gasteiger partial charge in [-0.25, -0.2) is 0 Å². The first kappa shape index (κ1) is 13.1. The summed E-state index contributed by atoms with van der Waals surface area (Å²) in [5.74, 6) is 3.34. The van der Waals surface area contributed by atoms with Gasteiger partial charge < -0.3 is 15.8 Å². The molecule has 3 N–H and O–H groups in total. The fraction of sp³-hybridized carbons (Fsp3) is 0.462. The highest BCUT2D eigenvalue weighted by Gasteiger charge is 2.18. The summed E-state index contributed by atoms with van der Waals surface area (Å²) in [5, 5.41) is 2.95. The number of benzene rings is 1. The van der Waals surface area contributed by atoms with Crippen LogP contribution in [0.1, 0.15) is 16.8 Å². The Balaban J connectivity index is 1.99. The molecule has 98 valence electrons. The molecule has 0 spiro atoms. The summed E-state index contributed by atoms with van der Waals surface area (Å²) in [7, 11) is 1.54. The zero-order chi connectivity index (χ0) is 13.0. The zero-order valence-corrected chi connectivity index (χ0v) is 11.3. The molecular formula is C13H18N2O2S. The van der Waals surface area contributed by atoms with E-state index >= 15 is 0 Å². The number of amides is 1. The van der Waals surface area contributed by atoms with Gasteiger partial charge in [0.2, 0.25) is 0 Å². The van der Waals surface area contributed by atoms with Crippen LogP contribution in [0.15, 0.2) is 18.2 Å². The Morgan fingerprint density at radius 2 is 2.44 bits per heavy atom. The molecule has 1 amide bonds. The molecule has 1 aromatic carbocycles. The molecule has 0 bridgehead atoms. The van der Waals surface area contributed by atoms with Gasteiger partial charge in [0, 0.05) is 6.54 Å². The Morgan fingerprint density at radius 3 is 3.11 bits per heavy atom. The predicted molar refractivity (Wildman–Crippen MR) is 75.2 cm³/mol. The van der Waals surface area contributed by atoms with Gasteiger partial charge in [0.15, 0.2) is 0 Å². The predicted octanol–water partition coefficient (Wildman–Crippen LogP) is 1.76. The Hall–Kier alpha value is -1.36. The number of rotatable bonds is 4. The molecule has 1 heterocycles. The van der Waals surface area contributed by atoms with Crippen molar-refractivity contribution in [3.8, 4) is 5.75 Å². The average molecular weight is 266 g/mol. The lowest BCUT2D eigenvalue weighted by molar-refractivity contribution is 0.0949. The molecular weight excluding hydrogens is 248 g/mol. The maximum atomic E-state index is 12.0. The number of para-hydroxylation sites is 1. The third-order valence-electron chi connectivity index (χ3n) is 3.11. The van der Waals surface area contributed by atoms with E-state index < -0.39 is 0 Å². The Bertz CT molecular complexity index is 431. The highest BCUT2D eigenvalue weighted by molar-refractivity contribution is 7.99. The number of ether oxygens (including phenoxy) is 1. The topological polar surface area (TPSA) is 64.3 Å². The quantitative estimate of drug-likeness (QED) is 0.815. The number of anilines is 1. The first-order valence-electron chi connectivity index (χ1n) is 6.00. The van der Waals surface area contributed by atoms with Crippen molar-refractivity contribution < 1.29 is 9.53 Å². The SMILES string of the molecule is COc1cccc(C(=O)NCC2CCSC2)c1N. The third kappa shape index (κ3) is 2.90. The summed E-state index contributed by atoms with van der Waals surface area (Å²) in [6, 6.07) is 5.24. The van der Waals surface area contributed by atoms with E-state index in [2.05, 4.69) is 5.32 Å². The molecule has 1 fully saturated rings. The van der Waals surface area contributed by atoms with Gasteiger partial charge in [-0.2, -0.15) is 11.8 Å². The van der Waals surface area contributed by atoms with Crippen molar-refractivity contribution in [1.29, 1.82) is 0 Å². The van der Waals surface area contributed by atoms with Crippen LogP contribution < -0.4 is 15.8 Å². The molecule has 1 atom stereocenters. The fourth-order valence-electron chi connectivity index (χ4n) is 2.00. The minimum Gasteiger partial charge on any atom is -0.495 e. The van der Waals surface area contributed by atoms with Crippen LogP contribution in [0.4, 0.5) is 5.69 Å². The number of hydrogen-bond acceptors (Lipinski definition) is 4. The van der Waals surface area contributed by atoms with Crippen LogP contribution in [-0.2, 0) is 0 Å². The van der Waals surface area contributed by atoms with E-state index in [1.807, 2.05) is 11.8 Å². The summed E-state index contributed by atoms with van der Waals surface area (Å²) in [6.07, 6.45) is 1.18. The molecule has 0 aliphatic carbocycles. The van der Waals surface area contributed by atoms with E-state index in [-0.39, 0.29) is 5.91 Å². The number of hydrogen-bond donors (Lipinski definition) is 2. The van der Waals surface area contributed by atoms with Crippen molar-refractivity contribution in [3.05, 3.63) is 23.8 Å². The average Bonchev–Trinajstić information content (AvgIpc) is 2.89. The second-order valence-corrected chi connectivity index (χ2v) is 5.51. The normalized spacial score (nSPS) is 18.6. The maximum Gasteiger partial charge on any atom is 0.253 e. The molecule has 0 aromatic heterocycles. The smallest absolute Gasteiger partial charge is 0.253 e. The van der Waals surface area contributed by atoms with E-state index in [0.717, 1.165) is 12.3 Å². The van der Waals surface area contributed by atoms with Gasteiger partial charge in [0.1, 0.15) is 5.75 Å². The summed E-state index contributed by atoms with van der Waals surface area (Å²) in [4.78, 5) is 12.0. The molecule has 0 saturated carbocycles. The molecule has 1 saturated heterocycles. The van der Waals surface area contributed by atoms with E-state index in [9.17, 15) is 4.79 Å². The number of nitrogens with one attached hydrogen (secondary N) is 1. The number of methoxy groups -OCH3 is 1. The highest BCUT2D eigenvalue weighted by atomic mass is 32.2. The van der Waals surface area contributed by atoms with Crippen molar-refractivity contribution >= 4 is 23.4 Å². The second-order valence-electron chi connectivity index (χ2n) is 4.36. The van der Waals surface area contributed by atoms with E-state index in [4.69, 9.17) is 10.5 Å². The first-order valence-corrected chi connectivity index (χ1v) is 7.16. The summed E-state index contributed by atoms with van der Waals surface area (Å²) in [5.41, 5.74) is 6.78. The van der Waals surface area contributed by atoms with Gasteiger partial charge in [-0.05, 0) is 36.0 Å². The van der Waals surface area contributed by atoms with Gasteiger partial charge in [-0.1, -0.05) is 6.07 Å². The van der Waals surface area contributed by atoms with Crippen molar-refractivity contribution in [2.24, 2.45) is 5.92 Å². The Morgan fingerprint density at radius 1 is 1.61 bits per heavy atom. The van der Waals surface area contributed by atoms with Crippen molar-refractivity contribution in [3.63, 3.8) is 0 Å². The van der Waals surface area contributed by atoms with Crippen molar-refractivity contribution in [2.75, 3.05) is 30.9 Å². The van der Waals surface area contributed by atoms with Gasteiger partial charge >= 0.3 is 0 Å². The minimum absolute atomic E-state index is 0.122. The largest absolute Gasteiger partial charge is 0.495 e. The summed E-state index contributed by atoms with van der Waals surface area (Å²) < 4.78 is 5.11. The van der Waals surface area contributed by atoms with E-state index in [1.165, 1.54) is 12.2 Å². The van der Waals surface area contributed by atoms with Gasteiger partial charge in [0.25, 0.3) is 5.91 Å². The molecule has 1 aliphatic heterocycles. The molecule has 1 aromatic rings. The Labute approximate surface area is 111 Å². The lowest BCUT2D eigenvalue weighted by atomic mass is 10.1. The minimum atomic E-state index is -0.122. The third-order valence-corrected chi connectivity index (χ3v) is 4.34. The second kappa shape index (κ2) is 6.00. The first-order chi connectivity index (χ1) is 8.72. The molecule has 1 unspecified atom stereocenters. The number of nitrogens with two attached hydrogens (primary N) is 1. The monoisotopic (exact) mass is 266 g/mol. The molecule has 4 nitrogen and oxygen atoms in total. The maximum absolute atomic E-state index is 12.0. The van der Waals surface area contributed by atoms with Crippen LogP contribution in [0.5, 0.6) is 5.75 Å². The molecule has 0 radical (unpaired) electrons. The van der Waals surface area contributed by atoms with Crippen LogP contribution in [-0.4, -0.2) is 31.1 Å². The fourth-order valence-corrected chi connectivity index (χ4v) is 3.28. The van der Waals surface area contributed by atoms with E-state index in [0.29, 0.717) is 22.9 Å². The molecule has 18 heavy (non-hydrogen) atoms. The van der Waals surface area contributed by atoms with Crippen LogP contribution in [0.3, 0.4) is 0 Å². The number of thioether (sulfide) groups is 1. The molecule has 2 rings (SSSR count). The van der Waals surface area contributed by atoms with E-state index in [1.54, 1.807) is 25.3 Å². The summed E-state index contributed by atoms with van der Waals surface area (Å²) >= 11 is 1.94. The van der Waals surface area contributed by atoms with Crippen LogP contribution in [0, 0.1) is 5.92 Å². The highest BCUT2D eigenvalue weighted by Crippen LogP contribution is 2.25. The number of nitrogen functional groups attached to an aromatic ring is 1. The Kier molecular flexibility index (Phi) is 4.36. The lowest BCUT2D eigenvalue weighted by Crippen LogP contribution is -2.29. The molecule has 1 aliphatic rings.